The molecule has 3 saturated carbocycles. The molecule has 1 amide bonds. The van der Waals surface area contributed by atoms with E-state index in [1.54, 1.807) is 49.6 Å². The Hall–Kier alpha value is -8.29. The predicted octanol–water partition coefficient (Wildman–Crippen LogP) is 11.4. The van der Waals surface area contributed by atoms with Gasteiger partial charge >= 0.3 is 0 Å². The van der Waals surface area contributed by atoms with Crippen LogP contribution in [-0.2, 0) is 70.4 Å². The molecular formula is C68H76BrClF10N14O9S2. The highest BCUT2D eigenvalue weighted by atomic mass is 79.9. The molecule has 13 rings (SSSR count). The van der Waals surface area contributed by atoms with Crippen molar-refractivity contribution in [2.24, 2.45) is 26.9 Å². The summed E-state index contributed by atoms with van der Waals surface area (Å²) in [6.07, 6.45) is 34.8. The third-order valence-electron chi connectivity index (χ3n) is 18.8. The molecule has 2 aromatic carbocycles. The highest BCUT2D eigenvalue weighted by molar-refractivity contribution is 9.10. The summed E-state index contributed by atoms with van der Waals surface area (Å²) in [5, 5.41) is 2.14. The van der Waals surface area contributed by atoms with Crippen LogP contribution in [0.3, 0.4) is 0 Å². The number of aromatic nitrogens is 9. The number of amides is 1. The average Bonchev–Trinajstić information content (AvgIpc) is 0.971. The maximum Gasteiger partial charge on any atom is 0.252 e. The number of hydrogen-bond acceptors (Lipinski definition) is 14. The van der Waals surface area contributed by atoms with E-state index in [4.69, 9.17) is 17.3 Å². The lowest BCUT2D eigenvalue weighted by atomic mass is 9.95. The van der Waals surface area contributed by atoms with Crippen molar-refractivity contribution in [1.82, 2.24) is 51.0 Å². The van der Waals surface area contributed by atoms with E-state index in [0.717, 1.165) is 64.6 Å². The number of anilines is 2. The summed E-state index contributed by atoms with van der Waals surface area (Å²) in [4.78, 5) is 69.6. The molecule has 0 spiro atoms. The van der Waals surface area contributed by atoms with Gasteiger partial charge in [-0.05, 0) is 81.2 Å². The van der Waals surface area contributed by atoms with Crippen LogP contribution < -0.4 is 32.6 Å². The largest absolute Gasteiger partial charge is 0.379 e. The monoisotopic (exact) mass is 1600 g/mol. The van der Waals surface area contributed by atoms with Gasteiger partial charge in [0.2, 0.25) is 42.8 Å². The summed E-state index contributed by atoms with van der Waals surface area (Å²) in [6.45, 7) is 0.301. The molecule has 5 fully saturated rings. The first-order valence-corrected chi connectivity index (χ1v) is 37.6. The van der Waals surface area contributed by atoms with Gasteiger partial charge in [0.15, 0.2) is 56.3 Å². The molecule has 2 aliphatic heterocycles. The Kier molecular flexibility index (Phi) is 27.2. The molecular weight excluding hydrogens is 1530 g/mol. The lowest BCUT2D eigenvalue weighted by molar-refractivity contribution is -0.125. The quantitative estimate of drug-likeness (QED) is 0.0394. The van der Waals surface area contributed by atoms with Gasteiger partial charge in [0.25, 0.3) is 16.7 Å². The maximum atomic E-state index is 14.4. The van der Waals surface area contributed by atoms with Gasteiger partial charge < -0.3 is 43.4 Å². The van der Waals surface area contributed by atoms with E-state index < -0.39 is 123 Å². The molecule has 0 bridgehead atoms. The van der Waals surface area contributed by atoms with Crippen molar-refractivity contribution in [3.63, 3.8) is 0 Å². The van der Waals surface area contributed by atoms with Gasteiger partial charge in [-0.3, -0.25) is 24.0 Å². The topological polar surface area (TPSA) is 270 Å². The van der Waals surface area contributed by atoms with Crippen LogP contribution in [0.4, 0.5) is 55.3 Å². The number of pyridine rings is 3. The summed E-state index contributed by atoms with van der Waals surface area (Å²) in [5.41, 5.74) is 8.47. The van der Waals surface area contributed by atoms with E-state index in [-0.39, 0.29) is 53.1 Å². The fourth-order valence-electron chi connectivity index (χ4n) is 12.5. The number of imidazole rings is 3. The minimum Gasteiger partial charge on any atom is -0.379 e. The first-order chi connectivity index (χ1) is 49.8. The highest BCUT2D eigenvalue weighted by Gasteiger charge is 2.49. The molecule has 3 aliphatic carbocycles. The average molecular weight is 1600 g/mol. The number of carbonyl (C=O) groups excluding carboxylic acids is 2. The van der Waals surface area contributed by atoms with Crippen molar-refractivity contribution in [2.75, 3.05) is 23.3 Å². The van der Waals surface area contributed by atoms with Gasteiger partial charge in [-0.1, -0.05) is 73.7 Å². The van der Waals surface area contributed by atoms with Crippen LogP contribution in [0.15, 0.2) is 121 Å². The fraction of sp³-hybridized carbons (Fsp3) is 0.441. The van der Waals surface area contributed by atoms with Gasteiger partial charge in [-0.2, -0.15) is 8.61 Å². The number of nitrogens with one attached hydrogen (secondary N) is 1. The summed E-state index contributed by atoms with van der Waals surface area (Å²) in [7, 11) is -5.46. The van der Waals surface area contributed by atoms with Gasteiger partial charge in [-0.25, -0.2) is 75.7 Å². The number of carbonyl (C=O) groups is 2. The van der Waals surface area contributed by atoms with Crippen molar-refractivity contribution in [3.05, 3.63) is 203 Å². The van der Waals surface area contributed by atoms with Crippen LogP contribution in [0.2, 0.25) is 0 Å². The lowest BCUT2D eigenvalue weighted by Gasteiger charge is -2.40. The number of benzene rings is 2. The molecule has 8 aromatic rings. The Balaban J connectivity index is 0.000000168. The molecule has 3 N–H and O–H groups in total. The minimum atomic E-state index is -5.33. The van der Waals surface area contributed by atoms with Gasteiger partial charge in [0.05, 0.1) is 54.8 Å². The van der Waals surface area contributed by atoms with E-state index in [1.807, 2.05) is 29.4 Å². The van der Waals surface area contributed by atoms with E-state index in [2.05, 4.69) is 57.7 Å². The van der Waals surface area contributed by atoms with Crippen LogP contribution in [0.5, 0.6) is 0 Å². The fourth-order valence-corrected chi connectivity index (χ4v) is 16.6. The number of hydrogen-bond donors (Lipinski definition) is 2. The molecule has 37 heteroatoms. The van der Waals surface area contributed by atoms with Crippen molar-refractivity contribution in [1.29, 1.82) is 0 Å². The summed E-state index contributed by atoms with van der Waals surface area (Å²) >= 11 is 8.28. The molecule has 23 nitrogen and oxygen atoms in total. The second-order valence-electron chi connectivity index (χ2n) is 25.7. The van der Waals surface area contributed by atoms with E-state index in [9.17, 15) is 84.7 Å². The van der Waals surface area contributed by atoms with Crippen LogP contribution in [0.1, 0.15) is 144 Å². The van der Waals surface area contributed by atoms with Crippen LogP contribution in [-0.4, -0.2) is 104 Å². The molecule has 2 atom stereocenters. The first kappa shape index (κ1) is 80.8. The third kappa shape index (κ3) is 18.9. The number of aryl methyl sites for hydroxylation is 3. The number of sulfonamides is 2. The summed E-state index contributed by atoms with van der Waals surface area (Å²) < 4.78 is 198. The number of halogens is 12. The smallest absolute Gasteiger partial charge is 0.252 e. The SMILES string of the molecule is Cn1ccc(Br)cc1=O.Cn1ccc(N(Cc2cn(C3CCCCC3)cn2)C(=O)[C@H]2CCN2S(=O)(=O)c2c(F)c(F)c(F)c(F)c2F)cc1=O.Cn1ccc(NCc2cn(C3CCCCC3)cn2)cc1=O.NCc1cn(C2CCCCC2)cn1.O=C(Cl)[C@H]1CCN1S(=O)(=O)c1c(F)c(F)c(F)c(F)c1F. The Bertz CT molecular complexity index is 4810. The van der Waals surface area contributed by atoms with Gasteiger partial charge in [0.1, 0.15) is 12.1 Å². The molecule has 8 heterocycles. The number of nitrogens with zero attached hydrogens (tertiary/aromatic N) is 12. The zero-order valence-electron chi connectivity index (χ0n) is 57.1. The zero-order valence-corrected chi connectivity index (χ0v) is 61.0. The van der Waals surface area contributed by atoms with Gasteiger partial charge in [0, 0.05) is 124 Å². The Morgan fingerprint density at radius 3 is 1.27 bits per heavy atom. The summed E-state index contributed by atoms with van der Waals surface area (Å²) in [6, 6.07) is 8.10. The van der Waals surface area contributed by atoms with Crippen molar-refractivity contribution in [3.8, 4) is 0 Å². The first-order valence-electron chi connectivity index (χ1n) is 33.6. The molecule has 5 aliphatic rings. The molecule has 2 saturated heterocycles. The van der Waals surface area contributed by atoms with Crippen molar-refractivity contribution < 1.29 is 70.3 Å². The highest BCUT2D eigenvalue weighted by Crippen LogP contribution is 2.38. The van der Waals surface area contributed by atoms with E-state index >= 15 is 0 Å². The lowest BCUT2D eigenvalue weighted by Crippen LogP contribution is -2.59. The standard InChI is InChI=1S/C26H26F5N5O4S.C16H22N4O.C10H5ClF5NO3S.C10H17N3.C6H6BrNO/c1-33-9-7-17(11-19(33)37)35(13-15-12-34(14-32-15)16-5-3-2-4-6-16)26(38)18-8-10-36(18)41(39,40)25-23(30)21(28)20(27)22(29)24(25)31;1-19-8-7-13(9-16(19)21)17-10-14-11-20(12-18-14)15-5-3-2-4-6-15;11-10(18)3-1-2-17(3)21(19,20)9-7(15)5(13)4(12)6(14)8(9)16;11-6-9-7-13(8-12-9)10-4-2-1-3-5-10;1-8-3-2-5(7)4-6(8)9/h7,9,11-12,14,16,18H,2-6,8,10,13H2,1H3;7-9,11-12,15,17H,2-6,10H2,1H3;3H,1-2H2;7-8,10H,1-6,11H2;2-4H,1H3/t18-;;3-;;/m1.1../s1. The van der Waals surface area contributed by atoms with Crippen LogP contribution in [0, 0.1) is 58.2 Å². The summed E-state index contributed by atoms with van der Waals surface area (Å²) in [5.74, 6) is -25.4. The van der Waals surface area contributed by atoms with E-state index in [1.165, 1.54) is 98.7 Å². The van der Waals surface area contributed by atoms with Crippen molar-refractivity contribution >= 4 is 70.1 Å². The van der Waals surface area contributed by atoms with Crippen LogP contribution in [0.25, 0.3) is 0 Å². The Morgan fingerprint density at radius 1 is 0.514 bits per heavy atom. The maximum absolute atomic E-state index is 14.4. The normalized spacial score (nSPS) is 17.4. The van der Waals surface area contributed by atoms with E-state index in [0.29, 0.717) is 35.2 Å². The van der Waals surface area contributed by atoms with Crippen LogP contribution >= 0.6 is 27.5 Å². The second-order valence-corrected chi connectivity index (χ2v) is 30.7. The molecule has 6 aromatic heterocycles. The number of nitrogens with two attached hydrogens (primary N) is 1. The Morgan fingerprint density at radius 2 is 0.886 bits per heavy atom. The molecule has 568 valence electrons. The second kappa shape index (κ2) is 35.4. The Labute approximate surface area is 610 Å². The molecule has 0 radical (unpaired) electrons. The predicted molar refractivity (Wildman–Crippen MR) is 370 cm³/mol. The van der Waals surface area contributed by atoms with Crippen molar-refractivity contribution in [2.45, 2.75) is 169 Å². The third-order valence-corrected chi connectivity index (χ3v) is 23.4. The zero-order chi connectivity index (χ0) is 76.4. The number of rotatable bonds is 16. The molecule has 0 unspecified atom stereocenters. The molecule has 105 heavy (non-hydrogen) atoms. The van der Waals surface area contributed by atoms with Gasteiger partial charge in [-0.15, -0.1) is 0 Å². The minimum absolute atomic E-state index is 0.00405.